The van der Waals surface area contributed by atoms with Gasteiger partial charge >= 0.3 is 0 Å². The Kier molecular flexibility index (Phi) is 5.90. The van der Waals surface area contributed by atoms with Crippen molar-refractivity contribution in [2.45, 2.75) is 26.7 Å². The van der Waals surface area contributed by atoms with E-state index >= 15 is 0 Å². The Balaban J connectivity index is 0.000000461. The number of hydrogen-bond acceptors (Lipinski definition) is 7. The third-order valence-corrected chi connectivity index (χ3v) is 4.80. The summed E-state index contributed by atoms with van der Waals surface area (Å²) >= 11 is 0. The molecule has 160 valence electrons. The molecule has 1 aromatic rings. The van der Waals surface area contributed by atoms with Crippen LogP contribution in [-0.4, -0.2) is 24.8 Å². The molecule has 0 aromatic heterocycles. The zero-order valence-corrected chi connectivity index (χ0v) is 17.9. The number of nitrogens with zero attached hydrogens (tertiary/aromatic N) is 1. The van der Waals surface area contributed by atoms with E-state index in [2.05, 4.69) is 24.9 Å². The fourth-order valence-corrected chi connectivity index (χ4v) is 3.73. The third-order valence-electron chi connectivity index (χ3n) is 4.80. The average Bonchev–Trinajstić information content (AvgIpc) is 2.96. The fraction of sp³-hybridized carbons (Fsp3) is 0.333. The number of H-pyrrole nitrogens is 1. The maximum Gasteiger partial charge on any atom is 0.256 e. The van der Waals surface area contributed by atoms with Crippen molar-refractivity contribution in [3.8, 4) is 11.3 Å². The topological polar surface area (TPSA) is 140 Å². The number of fused-ring (bicyclic) bond motifs is 5. The number of ketones is 1. The van der Waals surface area contributed by atoms with E-state index in [4.69, 9.17) is 23.1 Å². The van der Waals surface area contributed by atoms with E-state index in [9.17, 15) is 4.79 Å². The van der Waals surface area contributed by atoms with Gasteiger partial charge in [0, 0.05) is 45.3 Å². The minimum absolute atomic E-state index is 0.0735. The molecule has 0 spiro atoms. The summed E-state index contributed by atoms with van der Waals surface area (Å²) in [5.74, 6) is 1.74. The first-order chi connectivity index (χ1) is 13.9. The van der Waals surface area contributed by atoms with Crippen molar-refractivity contribution < 1.29 is 43.1 Å². The van der Waals surface area contributed by atoms with Crippen molar-refractivity contribution in [3.63, 3.8) is 0 Å². The van der Waals surface area contributed by atoms with Gasteiger partial charge in [-0.1, -0.05) is 26.0 Å². The Hall–Kier alpha value is -2.49. The first-order valence-electron chi connectivity index (χ1n) is 9.25. The Labute approximate surface area is 176 Å². The summed E-state index contributed by atoms with van der Waals surface area (Å²) in [6.45, 7) is 4.25. The molecule has 0 bridgehead atoms. The van der Waals surface area contributed by atoms with Crippen LogP contribution in [0.3, 0.4) is 0 Å². The molecule has 0 amide bonds. The van der Waals surface area contributed by atoms with Crippen LogP contribution in [0.5, 0.6) is 0 Å². The second-order valence-electron chi connectivity index (χ2n) is 8.28. The van der Waals surface area contributed by atoms with Gasteiger partial charge in [-0.05, 0) is 11.5 Å². The zero-order valence-electron chi connectivity index (χ0n) is 17.2. The minimum atomic E-state index is -4.94. The molecule has 2 heterocycles. The van der Waals surface area contributed by atoms with Crippen LogP contribution in [0, 0.1) is 15.7 Å². The minimum Gasteiger partial charge on any atom is -0.454 e. The van der Waals surface area contributed by atoms with Crippen molar-refractivity contribution in [2.75, 3.05) is 14.1 Å². The standard InChI is InChI=1S/C21H22N2O2.ClHO4/c1-21(2)11-15(24)19-17(12-21)25-16(9-10-23(3)4)20-18(19)13-7-5-6-8-14(13)22-20;2-1(3,4)5/h5-10H,11-12H2,1-4H3;(H,2,3,4,5)/b10-9-;. The lowest BCUT2D eigenvalue weighted by atomic mass is 9.74. The molecule has 0 unspecified atom stereocenters. The van der Waals surface area contributed by atoms with Crippen LogP contribution in [0.4, 0.5) is 0 Å². The molecule has 1 aromatic carbocycles. The van der Waals surface area contributed by atoms with E-state index < -0.39 is 10.2 Å². The van der Waals surface area contributed by atoms with Gasteiger partial charge in [0.1, 0.15) is 5.76 Å². The SMILES string of the molecule is CN(C)/C=C\c1oc2c(c3c4ccccc4[nH+]c1-3)C(=O)CC(C)(C)C2.[O-][Cl+3]([O-])([O-])[O-]. The van der Waals surface area contributed by atoms with E-state index in [1.165, 1.54) is 0 Å². The van der Waals surface area contributed by atoms with Crippen molar-refractivity contribution in [2.24, 2.45) is 5.41 Å². The van der Waals surface area contributed by atoms with Crippen LogP contribution in [0.15, 0.2) is 34.9 Å². The smallest absolute Gasteiger partial charge is 0.256 e. The van der Waals surface area contributed by atoms with Crippen molar-refractivity contribution in [1.29, 1.82) is 0 Å². The summed E-state index contributed by atoms with van der Waals surface area (Å²) in [5, 5.41) is 1.08. The average molecular weight is 435 g/mol. The van der Waals surface area contributed by atoms with Gasteiger partial charge in [0.05, 0.1) is 16.5 Å². The normalized spacial score (nSPS) is 15.9. The van der Waals surface area contributed by atoms with Gasteiger partial charge in [-0.25, -0.2) is 23.6 Å². The van der Waals surface area contributed by atoms with Crippen LogP contribution >= 0.6 is 0 Å². The molecule has 1 aliphatic carbocycles. The monoisotopic (exact) mass is 434 g/mol. The van der Waals surface area contributed by atoms with Gasteiger partial charge in [0.2, 0.25) is 5.52 Å². The van der Waals surface area contributed by atoms with Crippen LogP contribution < -0.4 is 23.6 Å². The lowest BCUT2D eigenvalue weighted by Crippen LogP contribution is -2.68. The van der Waals surface area contributed by atoms with Gasteiger partial charge in [0.15, 0.2) is 11.5 Å². The molecular weight excluding hydrogens is 412 g/mol. The fourth-order valence-electron chi connectivity index (χ4n) is 3.73. The highest BCUT2D eigenvalue weighted by molar-refractivity contribution is 6.10. The Morgan fingerprint density at radius 1 is 1.10 bits per heavy atom. The summed E-state index contributed by atoms with van der Waals surface area (Å²) in [5.41, 5.74) is 3.60. The molecule has 2 aliphatic heterocycles. The highest BCUT2D eigenvalue weighted by Gasteiger charge is 2.39. The lowest BCUT2D eigenvalue weighted by Gasteiger charge is -2.29. The number of aromatic nitrogens is 1. The highest BCUT2D eigenvalue weighted by Crippen LogP contribution is 2.43. The van der Waals surface area contributed by atoms with Crippen LogP contribution in [0.25, 0.3) is 28.2 Å². The molecule has 0 atom stereocenters. The van der Waals surface area contributed by atoms with Crippen molar-refractivity contribution in [1.82, 2.24) is 4.90 Å². The van der Waals surface area contributed by atoms with E-state index in [1.54, 1.807) is 0 Å². The summed E-state index contributed by atoms with van der Waals surface area (Å²) in [4.78, 5) is 18.4. The largest absolute Gasteiger partial charge is 0.454 e. The molecule has 1 N–H and O–H groups in total. The van der Waals surface area contributed by atoms with Gasteiger partial charge in [0.25, 0.3) is 5.69 Å². The molecule has 0 saturated carbocycles. The summed E-state index contributed by atoms with van der Waals surface area (Å²) in [6.07, 6.45) is 5.25. The number of aromatic amines is 1. The number of hydrogen-bond donors (Lipinski definition) is 0. The van der Waals surface area contributed by atoms with Gasteiger partial charge in [-0.15, -0.1) is 10.2 Å². The number of benzene rings is 1. The second kappa shape index (κ2) is 7.98. The number of rotatable bonds is 2. The van der Waals surface area contributed by atoms with Crippen LogP contribution in [-0.2, 0) is 6.42 Å². The van der Waals surface area contributed by atoms with Crippen LogP contribution in [0.1, 0.15) is 42.1 Å². The number of halogens is 1. The number of carbonyl (C=O) groups is 1. The Morgan fingerprint density at radius 3 is 2.37 bits per heavy atom. The summed E-state index contributed by atoms with van der Waals surface area (Å²) < 4.78 is 40.2. The quantitative estimate of drug-likeness (QED) is 0.518. The number of nitrogens with one attached hydrogen (secondary N) is 1. The predicted molar refractivity (Wildman–Crippen MR) is 98.5 cm³/mol. The molecule has 0 fully saturated rings. The molecule has 30 heavy (non-hydrogen) atoms. The summed E-state index contributed by atoms with van der Waals surface area (Å²) in [6, 6.07) is 8.12. The first kappa shape index (κ1) is 22.2. The van der Waals surface area contributed by atoms with E-state index in [0.717, 1.165) is 45.7 Å². The second-order valence-corrected chi connectivity index (χ2v) is 9.04. The van der Waals surface area contributed by atoms with Crippen LogP contribution in [0.2, 0.25) is 0 Å². The van der Waals surface area contributed by atoms with Gasteiger partial charge in [-0.2, -0.15) is 0 Å². The van der Waals surface area contributed by atoms with Crippen molar-refractivity contribution in [3.05, 3.63) is 47.5 Å². The molecule has 0 saturated heterocycles. The number of Topliss-reactive ketones (excluding diaryl/α,β-unsaturated/α-hetero) is 1. The first-order valence-corrected chi connectivity index (χ1v) is 10.5. The third kappa shape index (κ3) is 4.97. The highest BCUT2D eigenvalue weighted by atomic mass is 35.7. The van der Waals surface area contributed by atoms with E-state index in [-0.39, 0.29) is 11.2 Å². The molecule has 4 rings (SSSR count). The molecular formula is C21H23ClN2O6. The number of carbonyl (C=O) groups excluding carboxylic acids is 1. The molecule has 0 radical (unpaired) electrons. The molecule has 3 aliphatic rings. The van der Waals surface area contributed by atoms with E-state index in [1.807, 2.05) is 49.5 Å². The Morgan fingerprint density at radius 2 is 1.73 bits per heavy atom. The Bertz CT molecular complexity index is 1080. The number of para-hydroxylation sites is 1. The zero-order chi connectivity index (χ0) is 22.3. The predicted octanol–water partition coefficient (Wildman–Crippen LogP) is -0.717. The summed E-state index contributed by atoms with van der Waals surface area (Å²) in [7, 11) is -0.992. The van der Waals surface area contributed by atoms with Gasteiger partial charge in [-0.3, -0.25) is 4.79 Å². The van der Waals surface area contributed by atoms with Crippen molar-refractivity contribution >= 4 is 22.8 Å². The maximum absolute atomic E-state index is 12.9. The lowest BCUT2D eigenvalue weighted by molar-refractivity contribution is -2.00. The van der Waals surface area contributed by atoms with E-state index in [0.29, 0.717) is 6.42 Å². The molecule has 8 nitrogen and oxygen atoms in total. The maximum atomic E-state index is 12.9. The van der Waals surface area contributed by atoms with Gasteiger partial charge < -0.3 is 9.32 Å². The molecule has 9 heteroatoms.